The molecule has 0 fully saturated rings. The van der Waals surface area contributed by atoms with Crippen molar-refractivity contribution in [2.75, 3.05) is 0 Å². The Morgan fingerprint density at radius 2 is 1.65 bits per heavy atom. The van der Waals surface area contributed by atoms with E-state index in [4.69, 9.17) is 0 Å². The number of rotatable bonds is 2. The molecule has 3 rings (SSSR count). The molecular formula is C15H13N2+. The van der Waals surface area contributed by atoms with Crippen LogP contribution in [0.1, 0.15) is 5.56 Å². The van der Waals surface area contributed by atoms with Gasteiger partial charge in [-0.15, -0.1) is 0 Å². The lowest BCUT2D eigenvalue weighted by molar-refractivity contribution is -0.662. The van der Waals surface area contributed by atoms with E-state index in [1.165, 1.54) is 11.1 Å². The second-order valence-corrected chi connectivity index (χ2v) is 4.03. The fraction of sp³-hybridized carbons (Fsp3) is 0.0667. The number of nitrogens with zero attached hydrogens (tertiary/aromatic N) is 2. The van der Waals surface area contributed by atoms with Crippen molar-refractivity contribution in [2.24, 2.45) is 0 Å². The van der Waals surface area contributed by atoms with Crippen molar-refractivity contribution in [2.45, 2.75) is 6.54 Å². The molecule has 0 spiro atoms. The van der Waals surface area contributed by atoms with E-state index < -0.39 is 0 Å². The van der Waals surface area contributed by atoms with Crippen molar-refractivity contribution in [1.29, 1.82) is 0 Å². The lowest BCUT2D eigenvalue weighted by atomic mass is 10.2. The van der Waals surface area contributed by atoms with E-state index in [1.807, 2.05) is 36.7 Å². The van der Waals surface area contributed by atoms with E-state index in [-0.39, 0.29) is 0 Å². The summed E-state index contributed by atoms with van der Waals surface area (Å²) < 4.78 is 2.22. The van der Waals surface area contributed by atoms with E-state index in [0.29, 0.717) is 0 Å². The molecule has 1 heterocycles. The number of hydrogen-bond acceptors (Lipinski definition) is 1. The first-order valence-electron chi connectivity index (χ1n) is 5.70. The van der Waals surface area contributed by atoms with Gasteiger partial charge in [-0.1, -0.05) is 42.5 Å². The first kappa shape index (κ1) is 9.97. The lowest BCUT2D eigenvalue weighted by Gasteiger charge is -2.00. The second kappa shape index (κ2) is 4.34. The molecule has 0 saturated heterocycles. The normalized spacial score (nSPS) is 10.6. The Balaban J connectivity index is 2.06. The SMILES string of the molecule is c1ccc(C[n+]2ccnc3ccccc32)cc1. The second-order valence-electron chi connectivity index (χ2n) is 4.03. The van der Waals surface area contributed by atoms with Crippen molar-refractivity contribution in [3.8, 4) is 0 Å². The fourth-order valence-electron chi connectivity index (χ4n) is 2.01. The molecule has 3 aromatic rings. The monoisotopic (exact) mass is 221 g/mol. The number of benzene rings is 2. The molecule has 0 amide bonds. The van der Waals surface area contributed by atoms with Gasteiger partial charge in [-0.2, -0.15) is 4.57 Å². The maximum atomic E-state index is 4.36. The first-order chi connectivity index (χ1) is 8.43. The quantitative estimate of drug-likeness (QED) is 0.608. The van der Waals surface area contributed by atoms with Crippen LogP contribution in [0.4, 0.5) is 0 Å². The number of fused-ring (bicyclic) bond motifs is 1. The molecular weight excluding hydrogens is 208 g/mol. The van der Waals surface area contributed by atoms with Gasteiger partial charge in [-0.3, -0.25) is 0 Å². The summed E-state index contributed by atoms with van der Waals surface area (Å²) in [4.78, 5) is 4.36. The standard InChI is InChI=1S/C15H13N2/c1-2-6-13(7-3-1)12-17-11-10-16-14-8-4-5-9-15(14)17/h1-11H,12H2/q+1. The zero-order valence-electron chi connectivity index (χ0n) is 9.45. The predicted octanol–water partition coefficient (Wildman–Crippen LogP) is 2.57. The molecule has 0 bridgehead atoms. The van der Waals surface area contributed by atoms with E-state index >= 15 is 0 Å². The van der Waals surface area contributed by atoms with Crippen LogP contribution in [0, 0.1) is 0 Å². The topological polar surface area (TPSA) is 16.8 Å². The molecule has 0 unspecified atom stereocenters. The van der Waals surface area contributed by atoms with Gasteiger partial charge in [0.2, 0.25) is 5.52 Å². The van der Waals surface area contributed by atoms with Crippen LogP contribution >= 0.6 is 0 Å². The van der Waals surface area contributed by atoms with Crippen LogP contribution in [-0.4, -0.2) is 4.98 Å². The Morgan fingerprint density at radius 1 is 0.882 bits per heavy atom. The summed E-state index contributed by atoms with van der Waals surface area (Å²) in [5.41, 5.74) is 3.50. The third-order valence-electron chi connectivity index (χ3n) is 2.85. The lowest BCUT2D eigenvalue weighted by Crippen LogP contribution is -2.34. The third-order valence-corrected chi connectivity index (χ3v) is 2.85. The zero-order valence-corrected chi connectivity index (χ0v) is 9.45. The van der Waals surface area contributed by atoms with Gasteiger partial charge in [-0.25, -0.2) is 4.98 Å². The Bertz CT molecular complexity index is 627. The highest BCUT2D eigenvalue weighted by molar-refractivity contribution is 5.69. The van der Waals surface area contributed by atoms with E-state index in [9.17, 15) is 0 Å². The fourth-order valence-corrected chi connectivity index (χ4v) is 2.01. The molecule has 0 atom stereocenters. The molecule has 2 aromatic carbocycles. The molecule has 2 heteroatoms. The highest BCUT2D eigenvalue weighted by Gasteiger charge is 2.08. The largest absolute Gasteiger partial charge is 0.244 e. The van der Waals surface area contributed by atoms with Crippen LogP contribution in [0.5, 0.6) is 0 Å². The van der Waals surface area contributed by atoms with Crippen LogP contribution in [0.15, 0.2) is 67.0 Å². The average Bonchev–Trinajstić information content (AvgIpc) is 2.40. The van der Waals surface area contributed by atoms with Gasteiger partial charge in [0.15, 0.2) is 12.7 Å². The van der Waals surface area contributed by atoms with Crippen LogP contribution in [0.25, 0.3) is 11.0 Å². The van der Waals surface area contributed by atoms with Gasteiger partial charge in [0.1, 0.15) is 5.52 Å². The van der Waals surface area contributed by atoms with Crippen LogP contribution < -0.4 is 4.57 Å². The smallest absolute Gasteiger partial charge is 0.231 e. The van der Waals surface area contributed by atoms with Gasteiger partial charge in [0.05, 0.1) is 6.20 Å². The molecule has 0 aliphatic rings. The number of aromatic nitrogens is 2. The van der Waals surface area contributed by atoms with E-state index in [0.717, 1.165) is 12.1 Å². The maximum Gasteiger partial charge on any atom is 0.231 e. The Labute approximate surface area is 100 Å². The summed E-state index contributed by atoms with van der Waals surface area (Å²) in [7, 11) is 0. The summed E-state index contributed by atoms with van der Waals surface area (Å²) in [6.07, 6.45) is 3.88. The van der Waals surface area contributed by atoms with Gasteiger partial charge in [0.25, 0.3) is 0 Å². The molecule has 0 N–H and O–H groups in total. The highest BCUT2D eigenvalue weighted by Crippen LogP contribution is 2.06. The van der Waals surface area contributed by atoms with Crippen molar-refractivity contribution >= 4 is 11.0 Å². The number of para-hydroxylation sites is 2. The van der Waals surface area contributed by atoms with Crippen molar-refractivity contribution in [1.82, 2.24) is 4.98 Å². The predicted molar refractivity (Wildman–Crippen MR) is 67.5 cm³/mol. The summed E-state index contributed by atoms with van der Waals surface area (Å²) in [5.74, 6) is 0. The molecule has 2 nitrogen and oxygen atoms in total. The molecule has 17 heavy (non-hydrogen) atoms. The van der Waals surface area contributed by atoms with Crippen molar-refractivity contribution < 1.29 is 4.57 Å². The molecule has 0 radical (unpaired) electrons. The summed E-state index contributed by atoms with van der Waals surface area (Å²) in [6, 6.07) is 18.7. The summed E-state index contributed by atoms with van der Waals surface area (Å²) in [5, 5.41) is 0. The van der Waals surface area contributed by atoms with E-state index in [2.05, 4.69) is 39.9 Å². The van der Waals surface area contributed by atoms with Crippen molar-refractivity contribution in [3.63, 3.8) is 0 Å². The Kier molecular flexibility index (Phi) is 2.54. The van der Waals surface area contributed by atoms with Gasteiger partial charge >= 0.3 is 0 Å². The highest BCUT2D eigenvalue weighted by atomic mass is 15.0. The van der Waals surface area contributed by atoms with Crippen molar-refractivity contribution in [3.05, 3.63) is 72.6 Å². The minimum atomic E-state index is 0.879. The third kappa shape index (κ3) is 2.02. The molecule has 0 aliphatic carbocycles. The van der Waals surface area contributed by atoms with Gasteiger partial charge < -0.3 is 0 Å². The maximum absolute atomic E-state index is 4.36. The van der Waals surface area contributed by atoms with Crippen LogP contribution in [0.2, 0.25) is 0 Å². The first-order valence-corrected chi connectivity index (χ1v) is 5.70. The Morgan fingerprint density at radius 3 is 2.53 bits per heavy atom. The minimum absolute atomic E-state index is 0.879. The summed E-state index contributed by atoms with van der Waals surface area (Å²) >= 11 is 0. The number of hydrogen-bond donors (Lipinski definition) is 0. The van der Waals surface area contributed by atoms with Crippen LogP contribution in [-0.2, 0) is 6.54 Å². The molecule has 1 aromatic heterocycles. The van der Waals surface area contributed by atoms with E-state index in [1.54, 1.807) is 0 Å². The zero-order chi connectivity index (χ0) is 11.5. The molecule has 82 valence electrons. The van der Waals surface area contributed by atoms with Crippen LogP contribution in [0.3, 0.4) is 0 Å². The average molecular weight is 221 g/mol. The van der Waals surface area contributed by atoms with Gasteiger partial charge in [-0.05, 0) is 6.07 Å². The summed E-state index contributed by atoms with van der Waals surface area (Å²) in [6.45, 7) is 0.879. The molecule has 0 aliphatic heterocycles. The minimum Gasteiger partial charge on any atom is -0.244 e. The molecule has 0 saturated carbocycles. The Hall–Kier alpha value is -2.22. The van der Waals surface area contributed by atoms with Gasteiger partial charge in [0, 0.05) is 11.6 Å².